The van der Waals surface area contributed by atoms with Gasteiger partial charge < -0.3 is 9.29 Å². The first-order valence-electron chi connectivity index (χ1n) is 1.75. The summed E-state index contributed by atoms with van der Waals surface area (Å²) in [5.74, 6) is -0.867. The van der Waals surface area contributed by atoms with E-state index in [2.05, 4.69) is 17.1 Å². The summed E-state index contributed by atoms with van der Waals surface area (Å²) >= 11 is 3.33. The van der Waals surface area contributed by atoms with E-state index in [-0.39, 0.29) is 13.0 Å². The maximum absolute atomic E-state index is 9.64. The van der Waals surface area contributed by atoms with Crippen molar-refractivity contribution in [3.05, 3.63) is 0 Å². The lowest BCUT2D eigenvalue weighted by Crippen LogP contribution is -1.97. The molecule has 7 heavy (non-hydrogen) atoms. The van der Waals surface area contributed by atoms with Crippen LogP contribution >= 0.6 is 12.9 Å². The molecule has 0 rings (SSSR count). The molecule has 4 heteroatoms. The Balaban J connectivity index is 2.82. The summed E-state index contributed by atoms with van der Waals surface area (Å²) in [6.45, 7) is 0.165. The van der Waals surface area contributed by atoms with E-state index < -0.39 is 5.97 Å². The van der Waals surface area contributed by atoms with Crippen molar-refractivity contribution in [2.75, 3.05) is 6.61 Å². The van der Waals surface area contributed by atoms with Gasteiger partial charge in [0.1, 0.15) is 0 Å². The molecule has 0 saturated carbocycles. The molecule has 0 fully saturated rings. The van der Waals surface area contributed by atoms with Crippen LogP contribution in [0.25, 0.3) is 0 Å². The van der Waals surface area contributed by atoms with Gasteiger partial charge in [-0.25, -0.2) is 0 Å². The quantitative estimate of drug-likeness (QED) is 0.418. The first-order valence-corrected chi connectivity index (χ1v) is 2.12. The zero-order valence-corrected chi connectivity index (χ0v) is 4.52. The molecule has 0 radical (unpaired) electrons. The molecule has 0 amide bonds. The highest BCUT2D eigenvalue weighted by Gasteiger charge is 1.91. The van der Waals surface area contributed by atoms with Crippen LogP contribution in [0.3, 0.4) is 0 Å². The average molecular weight is 122 g/mol. The topological polar surface area (TPSA) is 46.5 Å². The second-order valence-electron chi connectivity index (χ2n) is 0.977. The Morgan fingerprint density at radius 2 is 2.43 bits per heavy atom. The number of aliphatic carboxylic acids is 1. The largest absolute Gasteiger partial charge is 0.481 e. The molecular formula is C3H6O3S. The van der Waals surface area contributed by atoms with Gasteiger partial charge in [0, 0.05) is 0 Å². The van der Waals surface area contributed by atoms with Crippen LogP contribution < -0.4 is 0 Å². The highest BCUT2D eigenvalue weighted by molar-refractivity contribution is 7.75. The van der Waals surface area contributed by atoms with Crippen LogP contribution in [0.15, 0.2) is 0 Å². The molecular weight excluding hydrogens is 116 g/mol. The number of carboxylic acids is 1. The molecule has 0 aliphatic heterocycles. The van der Waals surface area contributed by atoms with Gasteiger partial charge in [-0.15, -0.1) is 0 Å². The van der Waals surface area contributed by atoms with Crippen molar-refractivity contribution < 1.29 is 14.1 Å². The molecule has 0 aliphatic rings. The Labute approximate surface area is 46.9 Å². The Morgan fingerprint density at radius 3 is 2.57 bits per heavy atom. The van der Waals surface area contributed by atoms with E-state index in [1.54, 1.807) is 0 Å². The Morgan fingerprint density at radius 1 is 1.86 bits per heavy atom. The minimum absolute atomic E-state index is 0.0174. The maximum Gasteiger partial charge on any atom is 0.305 e. The highest BCUT2D eigenvalue weighted by Crippen LogP contribution is 1.82. The van der Waals surface area contributed by atoms with Crippen LogP contribution in [0.4, 0.5) is 0 Å². The lowest BCUT2D eigenvalue weighted by Gasteiger charge is -1.87. The number of hydrogen-bond donors (Lipinski definition) is 2. The molecule has 0 saturated heterocycles. The molecule has 0 spiro atoms. The van der Waals surface area contributed by atoms with Gasteiger partial charge in [0.15, 0.2) is 0 Å². The predicted octanol–water partition coefficient (Wildman–Crippen LogP) is 0.323. The Hall–Kier alpha value is -0.220. The van der Waals surface area contributed by atoms with Gasteiger partial charge in [-0.2, -0.15) is 0 Å². The summed E-state index contributed by atoms with van der Waals surface area (Å²) in [5.41, 5.74) is 0. The van der Waals surface area contributed by atoms with Crippen molar-refractivity contribution >= 4 is 18.9 Å². The number of hydrogen-bond acceptors (Lipinski definition) is 3. The zero-order valence-electron chi connectivity index (χ0n) is 3.63. The van der Waals surface area contributed by atoms with Gasteiger partial charge in [-0.1, -0.05) is 0 Å². The summed E-state index contributed by atoms with van der Waals surface area (Å²) in [4.78, 5) is 9.64. The van der Waals surface area contributed by atoms with Crippen LogP contribution in [0.5, 0.6) is 0 Å². The van der Waals surface area contributed by atoms with Gasteiger partial charge in [0.05, 0.1) is 13.0 Å². The van der Waals surface area contributed by atoms with Gasteiger partial charge in [-0.05, 0) is 12.9 Å². The van der Waals surface area contributed by atoms with Gasteiger partial charge in [0.2, 0.25) is 0 Å². The summed E-state index contributed by atoms with van der Waals surface area (Å²) in [5, 5.41) is 7.93. The second-order valence-corrected chi connectivity index (χ2v) is 1.24. The first-order chi connectivity index (χ1) is 3.27. The lowest BCUT2D eigenvalue weighted by molar-refractivity contribution is -0.137. The first kappa shape index (κ1) is 6.78. The molecule has 0 atom stereocenters. The van der Waals surface area contributed by atoms with Crippen molar-refractivity contribution in [2.24, 2.45) is 0 Å². The van der Waals surface area contributed by atoms with Crippen molar-refractivity contribution in [3.63, 3.8) is 0 Å². The normalized spacial score (nSPS) is 8.71. The third-order valence-electron chi connectivity index (χ3n) is 0.407. The van der Waals surface area contributed by atoms with E-state index in [1.807, 2.05) is 0 Å². The van der Waals surface area contributed by atoms with Crippen LogP contribution in [0, 0.1) is 0 Å². The Bertz CT molecular complexity index is 63.2. The van der Waals surface area contributed by atoms with Crippen LogP contribution in [-0.2, 0) is 8.98 Å². The molecule has 0 aromatic heterocycles. The SMILES string of the molecule is O=C(O)CCOS. The predicted molar refractivity (Wildman–Crippen MR) is 27.2 cm³/mol. The molecule has 3 nitrogen and oxygen atoms in total. The van der Waals surface area contributed by atoms with E-state index in [4.69, 9.17) is 5.11 Å². The fourth-order valence-corrected chi connectivity index (χ4v) is 0.224. The molecule has 0 aromatic rings. The molecule has 42 valence electrons. The number of carbonyl (C=O) groups is 1. The van der Waals surface area contributed by atoms with Crippen LogP contribution in [0.1, 0.15) is 6.42 Å². The average Bonchev–Trinajstić information content (AvgIpc) is 1.61. The van der Waals surface area contributed by atoms with Gasteiger partial charge in [-0.3, -0.25) is 4.79 Å². The van der Waals surface area contributed by atoms with E-state index in [9.17, 15) is 4.79 Å². The van der Waals surface area contributed by atoms with E-state index >= 15 is 0 Å². The van der Waals surface area contributed by atoms with Crippen molar-refractivity contribution in [3.8, 4) is 0 Å². The lowest BCUT2D eigenvalue weighted by atomic mass is 10.5. The molecule has 1 N–H and O–H groups in total. The molecule has 0 bridgehead atoms. The van der Waals surface area contributed by atoms with Gasteiger partial charge in [0.25, 0.3) is 0 Å². The summed E-state index contributed by atoms with van der Waals surface area (Å²) in [7, 11) is 0. The van der Waals surface area contributed by atoms with Crippen LogP contribution in [-0.4, -0.2) is 17.7 Å². The van der Waals surface area contributed by atoms with E-state index in [0.29, 0.717) is 0 Å². The monoisotopic (exact) mass is 122 g/mol. The van der Waals surface area contributed by atoms with Crippen molar-refractivity contribution in [1.82, 2.24) is 0 Å². The van der Waals surface area contributed by atoms with Crippen LogP contribution in [0.2, 0.25) is 0 Å². The smallest absolute Gasteiger partial charge is 0.305 e. The molecule has 0 heterocycles. The third kappa shape index (κ3) is 5.78. The maximum atomic E-state index is 9.64. The minimum Gasteiger partial charge on any atom is -0.481 e. The fourth-order valence-electron chi connectivity index (χ4n) is 0.133. The summed E-state index contributed by atoms with van der Waals surface area (Å²) in [6.07, 6.45) is 0.0174. The van der Waals surface area contributed by atoms with Crippen molar-refractivity contribution in [1.29, 1.82) is 0 Å². The molecule has 0 aliphatic carbocycles. The van der Waals surface area contributed by atoms with Crippen molar-refractivity contribution in [2.45, 2.75) is 6.42 Å². The fraction of sp³-hybridized carbons (Fsp3) is 0.667. The summed E-state index contributed by atoms with van der Waals surface area (Å²) < 4.78 is 4.17. The standard InChI is InChI=1S/C3H6O3S/c4-3(5)1-2-6-7/h7H,1-2H2,(H,4,5). The minimum atomic E-state index is -0.867. The second kappa shape index (κ2) is 3.95. The number of carboxylic acid groups (broad SMARTS) is 1. The third-order valence-corrected chi connectivity index (χ3v) is 0.590. The number of rotatable bonds is 3. The van der Waals surface area contributed by atoms with E-state index in [1.165, 1.54) is 0 Å². The van der Waals surface area contributed by atoms with E-state index in [0.717, 1.165) is 0 Å². The Kier molecular flexibility index (Phi) is 3.83. The zero-order chi connectivity index (χ0) is 5.70. The highest BCUT2D eigenvalue weighted by atomic mass is 32.1. The molecule has 0 unspecified atom stereocenters. The molecule has 0 aromatic carbocycles. The number of thiol groups is 1. The van der Waals surface area contributed by atoms with Gasteiger partial charge >= 0.3 is 5.97 Å². The summed E-state index contributed by atoms with van der Waals surface area (Å²) in [6, 6.07) is 0.